The fourth-order valence-electron chi connectivity index (χ4n) is 2.83. The Kier molecular flexibility index (Phi) is 6.23. The van der Waals surface area contributed by atoms with Gasteiger partial charge in [0.05, 0.1) is 6.10 Å². The summed E-state index contributed by atoms with van der Waals surface area (Å²) in [6, 6.07) is 0.423. The van der Waals surface area contributed by atoms with Crippen molar-refractivity contribution in [3.8, 4) is 0 Å². The SMILES string of the molecule is CN(C)CC1CC(O)CN1CCCC(C)(C)C(N)=NO. The van der Waals surface area contributed by atoms with Gasteiger partial charge in [0.2, 0.25) is 0 Å². The molecule has 1 rings (SSSR count). The fraction of sp³-hybridized carbons (Fsp3) is 0.929. The van der Waals surface area contributed by atoms with Crippen LogP contribution in [-0.4, -0.2) is 71.8 Å². The number of rotatable bonds is 7. The number of nitrogens with zero attached hydrogens (tertiary/aromatic N) is 3. The molecule has 1 heterocycles. The highest BCUT2D eigenvalue weighted by molar-refractivity contribution is 5.85. The van der Waals surface area contributed by atoms with E-state index in [1.807, 2.05) is 13.8 Å². The van der Waals surface area contributed by atoms with E-state index >= 15 is 0 Å². The zero-order valence-electron chi connectivity index (χ0n) is 13.2. The van der Waals surface area contributed by atoms with Crippen molar-refractivity contribution in [2.24, 2.45) is 16.3 Å². The first-order valence-corrected chi connectivity index (χ1v) is 7.31. The zero-order valence-corrected chi connectivity index (χ0v) is 13.2. The summed E-state index contributed by atoms with van der Waals surface area (Å²) in [5, 5.41) is 21.7. The number of aliphatic hydroxyl groups excluding tert-OH is 1. The number of oxime groups is 1. The third-order valence-corrected chi connectivity index (χ3v) is 4.13. The van der Waals surface area contributed by atoms with E-state index < -0.39 is 0 Å². The maximum Gasteiger partial charge on any atom is 0.144 e. The Morgan fingerprint density at radius 1 is 1.45 bits per heavy atom. The lowest BCUT2D eigenvalue weighted by molar-refractivity contribution is 0.169. The highest BCUT2D eigenvalue weighted by atomic mass is 16.4. The number of nitrogens with two attached hydrogens (primary N) is 1. The minimum Gasteiger partial charge on any atom is -0.409 e. The molecule has 0 amide bonds. The van der Waals surface area contributed by atoms with Crippen LogP contribution in [0, 0.1) is 5.41 Å². The molecule has 2 unspecified atom stereocenters. The van der Waals surface area contributed by atoms with Gasteiger partial charge in [-0.2, -0.15) is 0 Å². The second-order valence-electron chi connectivity index (χ2n) is 6.77. The lowest BCUT2D eigenvalue weighted by Crippen LogP contribution is -2.39. The van der Waals surface area contributed by atoms with E-state index in [1.54, 1.807) is 0 Å². The number of likely N-dealkylation sites (N-methyl/N-ethyl adjacent to an activating group) is 1. The summed E-state index contributed by atoms with van der Waals surface area (Å²) in [5.41, 5.74) is 5.41. The molecule has 0 aliphatic carbocycles. The normalized spacial score (nSPS) is 25.6. The summed E-state index contributed by atoms with van der Waals surface area (Å²) in [5.74, 6) is 0.281. The largest absolute Gasteiger partial charge is 0.409 e. The van der Waals surface area contributed by atoms with Crippen LogP contribution in [0.3, 0.4) is 0 Å². The number of hydrogen-bond donors (Lipinski definition) is 3. The van der Waals surface area contributed by atoms with E-state index in [-0.39, 0.29) is 17.4 Å². The summed E-state index contributed by atoms with van der Waals surface area (Å²) in [4.78, 5) is 4.52. The Balaban J connectivity index is 2.44. The Morgan fingerprint density at radius 2 is 2.10 bits per heavy atom. The Bertz CT molecular complexity index is 331. The molecule has 1 saturated heterocycles. The molecule has 1 aliphatic heterocycles. The van der Waals surface area contributed by atoms with Crippen LogP contribution < -0.4 is 5.73 Å². The molecule has 20 heavy (non-hydrogen) atoms. The predicted octanol–water partition coefficient (Wildman–Crippen LogP) is 0.536. The molecular weight excluding hydrogens is 256 g/mol. The maximum absolute atomic E-state index is 9.84. The number of amidine groups is 1. The van der Waals surface area contributed by atoms with Gasteiger partial charge in [0.15, 0.2) is 0 Å². The minimum absolute atomic E-state index is 0.211. The van der Waals surface area contributed by atoms with Crippen LogP contribution in [0.15, 0.2) is 5.16 Å². The average Bonchev–Trinajstić information content (AvgIpc) is 2.67. The summed E-state index contributed by atoms with van der Waals surface area (Å²) >= 11 is 0. The molecule has 6 heteroatoms. The molecule has 6 nitrogen and oxygen atoms in total. The highest BCUT2D eigenvalue weighted by Crippen LogP contribution is 2.25. The molecule has 1 aliphatic rings. The second kappa shape index (κ2) is 7.24. The highest BCUT2D eigenvalue weighted by Gasteiger charge is 2.31. The molecule has 0 aromatic carbocycles. The van der Waals surface area contributed by atoms with Crippen LogP contribution in [-0.2, 0) is 0 Å². The van der Waals surface area contributed by atoms with Crippen molar-refractivity contribution in [2.75, 3.05) is 33.7 Å². The molecule has 0 bridgehead atoms. The van der Waals surface area contributed by atoms with Gasteiger partial charge in [0, 0.05) is 24.5 Å². The monoisotopic (exact) mass is 286 g/mol. The molecule has 1 fully saturated rings. The van der Waals surface area contributed by atoms with Crippen molar-refractivity contribution in [3.63, 3.8) is 0 Å². The van der Waals surface area contributed by atoms with Crippen molar-refractivity contribution in [2.45, 2.75) is 45.3 Å². The van der Waals surface area contributed by atoms with Crippen molar-refractivity contribution >= 4 is 5.84 Å². The number of β-amino-alcohol motifs (C(OH)–C–C–N with tert-alkyl or cyclic N) is 1. The third kappa shape index (κ3) is 4.92. The number of hydrogen-bond acceptors (Lipinski definition) is 5. The Labute approximate surface area is 122 Å². The van der Waals surface area contributed by atoms with Gasteiger partial charge >= 0.3 is 0 Å². The standard InChI is InChI=1S/C14H30N4O2/c1-14(2,13(15)16-20)6-5-7-18-10-12(19)8-11(18)9-17(3)4/h11-12,19-20H,5-10H2,1-4H3,(H2,15,16). The van der Waals surface area contributed by atoms with E-state index in [4.69, 9.17) is 10.9 Å². The molecule has 0 spiro atoms. The van der Waals surface area contributed by atoms with Crippen LogP contribution in [0.4, 0.5) is 0 Å². The topological polar surface area (TPSA) is 85.3 Å². The predicted molar refractivity (Wildman–Crippen MR) is 81.0 cm³/mol. The third-order valence-electron chi connectivity index (χ3n) is 4.13. The van der Waals surface area contributed by atoms with Crippen molar-refractivity contribution < 1.29 is 10.3 Å². The van der Waals surface area contributed by atoms with E-state index in [1.165, 1.54) is 0 Å². The summed E-state index contributed by atoms with van der Waals surface area (Å²) in [6.45, 7) is 6.64. The van der Waals surface area contributed by atoms with Gasteiger partial charge in [-0.15, -0.1) is 0 Å². The lowest BCUT2D eigenvalue weighted by atomic mass is 9.86. The van der Waals surface area contributed by atoms with Crippen LogP contribution in [0.2, 0.25) is 0 Å². The van der Waals surface area contributed by atoms with Gasteiger partial charge in [0.1, 0.15) is 5.84 Å². The lowest BCUT2D eigenvalue weighted by Gasteiger charge is -2.28. The van der Waals surface area contributed by atoms with Gasteiger partial charge in [-0.25, -0.2) is 0 Å². The molecular formula is C14H30N4O2. The van der Waals surface area contributed by atoms with Crippen LogP contribution in [0.1, 0.15) is 33.1 Å². The van der Waals surface area contributed by atoms with Crippen LogP contribution in [0.5, 0.6) is 0 Å². The first-order chi connectivity index (χ1) is 9.26. The number of aliphatic hydroxyl groups is 1. The van der Waals surface area contributed by atoms with E-state index in [0.29, 0.717) is 6.04 Å². The average molecular weight is 286 g/mol. The smallest absolute Gasteiger partial charge is 0.144 e. The fourth-order valence-corrected chi connectivity index (χ4v) is 2.83. The second-order valence-corrected chi connectivity index (χ2v) is 6.77. The molecule has 0 aromatic heterocycles. The first kappa shape index (κ1) is 17.2. The van der Waals surface area contributed by atoms with Crippen molar-refractivity contribution in [1.29, 1.82) is 0 Å². The zero-order chi connectivity index (χ0) is 15.3. The van der Waals surface area contributed by atoms with Gasteiger partial charge in [0.25, 0.3) is 0 Å². The van der Waals surface area contributed by atoms with Crippen molar-refractivity contribution in [1.82, 2.24) is 9.80 Å². The van der Waals surface area contributed by atoms with Crippen LogP contribution in [0.25, 0.3) is 0 Å². The first-order valence-electron chi connectivity index (χ1n) is 7.31. The van der Waals surface area contributed by atoms with Gasteiger partial charge < -0.3 is 20.9 Å². The van der Waals surface area contributed by atoms with E-state index in [9.17, 15) is 5.11 Å². The van der Waals surface area contributed by atoms with Crippen LogP contribution >= 0.6 is 0 Å². The molecule has 0 radical (unpaired) electrons. The maximum atomic E-state index is 9.84. The van der Waals surface area contributed by atoms with E-state index in [0.717, 1.165) is 38.9 Å². The minimum atomic E-state index is -0.288. The quantitative estimate of drug-likeness (QED) is 0.275. The molecule has 118 valence electrons. The van der Waals surface area contributed by atoms with Gasteiger partial charge in [-0.1, -0.05) is 19.0 Å². The van der Waals surface area contributed by atoms with E-state index in [2.05, 4.69) is 29.1 Å². The Morgan fingerprint density at radius 3 is 2.65 bits per heavy atom. The molecule has 0 aromatic rings. The summed E-state index contributed by atoms with van der Waals surface area (Å²) in [7, 11) is 4.12. The molecule has 4 N–H and O–H groups in total. The Hall–Kier alpha value is -0.850. The molecule has 2 atom stereocenters. The summed E-state index contributed by atoms with van der Waals surface area (Å²) < 4.78 is 0. The number of likely N-dealkylation sites (tertiary alicyclic amines) is 1. The molecule has 0 saturated carbocycles. The van der Waals surface area contributed by atoms with Crippen molar-refractivity contribution in [3.05, 3.63) is 0 Å². The van der Waals surface area contributed by atoms with Gasteiger partial charge in [-0.3, -0.25) is 4.90 Å². The van der Waals surface area contributed by atoms with Gasteiger partial charge in [-0.05, 0) is 39.9 Å². The summed E-state index contributed by atoms with van der Waals surface area (Å²) in [6.07, 6.45) is 2.48.